The van der Waals surface area contributed by atoms with Crippen LogP contribution in [-0.2, 0) is 0 Å². The van der Waals surface area contributed by atoms with E-state index >= 15 is 0 Å². The summed E-state index contributed by atoms with van der Waals surface area (Å²) in [6.45, 7) is 0. The molecule has 0 unspecified atom stereocenters. The molecular formula is C24H23N5S2. The van der Waals surface area contributed by atoms with Crippen molar-refractivity contribution in [2.24, 2.45) is 0 Å². The van der Waals surface area contributed by atoms with Gasteiger partial charge in [0, 0.05) is 18.4 Å². The van der Waals surface area contributed by atoms with E-state index in [-0.39, 0.29) is 12.1 Å². The summed E-state index contributed by atoms with van der Waals surface area (Å²) in [6.07, 6.45) is 8.90. The van der Waals surface area contributed by atoms with Crippen LogP contribution >= 0.6 is 23.6 Å². The zero-order chi connectivity index (χ0) is 20.8. The molecule has 7 heteroatoms. The second-order valence-electron chi connectivity index (χ2n) is 8.24. The van der Waals surface area contributed by atoms with Gasteiger partial charge in [-0.15, -0.1) is 0 Å². The molecule has 1 saturated carbocycles. The highest BCUT2D eigenvalue weighted by Crippen LogP contribution is 2.43. The Morgan fingerprint density at radius 1 is 1.00 bits per heavy atom. The number of nitrogens with one attached hydrogen (secondary N) is 1. The minimum absolute atomic E-state index is 0.0114. The fourth-order valence-corrected chi connectivity index (χ4v) is 6.39. The van der Waals surface area contributed by atoms with Gasteiger partial charge in [-0.1, -0.05) is 42.4 Å². The van der Waals surface area contributed by atoms with Gasteiger partial charge in [-0.05, 0) is 61.5 Å². The van der Waals surface area contributed by atoms with E-state index in [1.165, 1.54) is 36.1 Å². The van der Waals surface area contributed by atoms with Gasteiger partial charge in [0.2, 0.25) is 0 Å². The van der Waals surface area contributed by atoms with E-state index in [0.29, 0.717) is 6.04 Å². The minimum Gasteiger partial charge on any atom is -0.352 e. The van der Waals surface area contributed by atoms with Crippen LogP contribution in [0.25, 0.3) is 15.3 Å². The SMILES string of the molecule is S=C1N[C@H](c2ccccn2)[C@H](c2cccn2-c2nc3ccccc3s2)N1C1CCCC1. The summed E-state index contributed by atoms with van der Waals surface area (Å²) in [7, 11) is 0. The van der Waals surface area contributed by atoms with Crippen LogP contribution in [0.2, 0.25) is 0 Å². The number of hydrogen-bond acceptors (Lipinski definition) is 4. The molecule has 0 spiro atoms. The van der Waals surface area contributed by atoms with E-state index in [9.17, 15) is 0 Å². The largest absolute Gasteiger partial charge is 0.352 e. The van der Waals surface area contributed by atoms with E-state index < -0.39 is 0 Å². The predicted molar refractivity (Wildman–Crippen MR) is 128 cm³/mol. The lowest BCUT2D eigenvalue weighted by atomic mass is 10.00. The smallest absolute Gasteiger partial charge is 0.194 e. The standard InChI is InChI=1S/C24H23N5S2/c30-23-27-21(18-11-5-6-14-25-18)22(29(23)16-8-1-2-9-16)19-12-7-15-28(19)24-26-17-10-3-4-13-20(17)31-24/h3-7,10-16,21-22H,1-2,8-9H2,(H,27,30)/t21-,22+/m1/s1. The molecule has 3 aromatic heterocycles. The molecule has 156 valence electrons. The van der Waals surface area contributed by atoms with Gasteiger partial charge in [0.05, 0.1) is 33.7 Å². The fourth-order valence-electron chi connectivity index (χ4n) is 5.03. The topological polar surface area (TPSA) is 46.0 Å². The molecule has 1 aliphatic carbocycles. The average molecular weight is 446 g/mol. The van der Waals surface area contributed by atoms with Crippen molar-refractivity contribution in [1.82, 2.24) is 24.8 Å². The fraction of sp³-hybridized carbons (Fsp3) is 0.292. The molecule has 0 radical (unpaired) electrons. The molecule has 2 fully saturated rings. The molecule has 1 aromatic carbocycles. The van der Waals surface area contributed by atoms with Gasteiger partial charge in [0.1, 0.15) is 0 Å². The summed E-state index contributed by atoms with van der Waals surface area (Å²) in [5, 5.41) is 5.43. The Kier molecular flexibility index (Phi) is 4.73. The Morgan fingerprint density at radius 2 is 1.84 bits per heavy atom. The van der Waals surface area contributed by atoms with Crippen molar-refractivity contribution < 1.29 is 0 Å². The van der Waals surface area contributed by atoms with Crippen molar-refractivity contribution in [1.29, 1.82) is 0 Å². The molecule has 6 rings (SSSR count). The van der Waals surface area contributed by atoms with Crippen LogP contribution in [0.3, 0.4) is 0 Å². The summed E-state index contributed by atoms with van der Waals surface area (Å²) >= 11 is 7.61. The van der Waals surface area contributed by atoms with Crippen LogP contribution in [0.4, 0.5) is 0 Å². The normalized spacial score (nSPS) is 21.8. The van der Waals surface area contributed by atoms with Gasteiger partial charge in [-0.3, -0.25) is 9.55 Å². The van der Waals surface area contributed by atoms with Crippen LogP contribution in [0.5, 0.6) is 0 Å². The van der Waals surface area contributed by atoms with Crippen molar-refractivity contribution in [3.63, 3.8) is 0 Å². The summed E-state index contributed by atoms with van der Waals surface area (Å²) in [4.78, 5) is 12.0. The highest BCUT2D eigenvalue weighted by Gasteiger charge is 2.44. The molecule has 0 amide bonds. The maximum atomic E-state index is 5.88. The number of benzene rings is 1. The summed E-state index contributed by atoms with van der Waals surface area (Å²) in [5.74, 6) is 0. The third-order valence-corrected chi connectivity index (χ3v) is 7.79. The number of hydrogen-bond donors (Lipinski definition) is 1. The molecule has 31 heavy (non-hydrogen) atoms. The van der Waals surface area contributed by atoms with Crippen molar-refractivity contribution in [3.8, 4) is 5.13 Å². The zero-order valence-corrected chi connectivity index (χ0v) is 18.6. The third-order valence-electron chi connectivity index (χ3n) is 6.43. The van der Waals surface area contributed by atoms with Gasteiger partial charge in [-0.2, -0.15) is 0 Å². The number of thiocarbonyl (C=S) groups is 1. The zero-order valence-electron chi connectivity index (χ0n) is 17.0. The van der Waals surface area contributed by atoms with Crippen LogP contribution in [0.15, 0.2) is 67.0 Å². The quantitative estimate of drug-likeness (QED) is 0.426. The van der Waals surface area contributed by atoms with Gasteiger partial charge in [-0.25, -0.2) is 4.98 Å². The number of thiazole rings is 1. The molecule has 1 saturated heterocycles. The first-order valence-corrected chi connectivity index (χ1v) is 12.0. The third kappa shape index (κ3) is 3.23. The molecule has 4 heterocycles. The van der Waals surface area contributed by atoms with E-state index in [1.54, 1.807) is 11.3 Å². The Balaban J connectivity index is 1.48. The van der Waals surface area contributed by atoms with Crippen LogP contribution in [-0.4, -0.2) is 30.6 Å². The first-order chi connectivity index (χ1) is 15.3. The Bertz CT molecular complexity index is 1190. The molecular weight excluding hydrogens is 422 g/mol. The van der Waals surface area contributed by atoms with Crippen molar-refractivity contribution in [2.45, 2.75) is 43.8 Å². The maximum Gasteiger partial charge on any atom is 0.194 e. The van der Waals surface area contributed by atoms with Crippen molar-refractivity contribution >= 4 is 38.9 Å². The van der Waals surface area contributed by atoms with Crippen LogP contribution in [0.1, 0.15) is 49.2 Å². The lowest BCUT2D eigenvalue weighted by molar-refractivity contribution is 0.239. The predicted octanol–water partition coefficient (Wildman–Crippen LogP) is 5.40. The molecule has 1 N–H and O–H groups in total. The minimum atomic E-state index is 0.0114. The molecule has 2 atom stereocenters. The number of pyridine rings is 1. The van der Waals surface area contributed by atoms with Gasteiger partial charge >= 0.3 is 0 Å². The van der Waals surface area contributed by atoms with E-state index in [1.807, 2.05) is 18.3 Å². The Hall–Kier alpha value is -2.77. The van der Waals surface area contributed by atoms with Crippen molar-refractivity contribution in [3.05, 3.63) is 78.4 Å². The van der Waals surface area contributed by atoms with Gasteiger partial charge in [0.25, 0.3) is 0 Å². The number of nitrogens with zero attached hydrogens (tertiary/aromatic N) is 4. The molecule has 1 aliphatic heterocycles. The number of fused-ring (bicyclic) bond motifs is 1. The van der Waals surface area contributed by atoms with E-state index in [4.69, 9.17) is 17.2 Å². The number of rotatable bonds is 4. The lowest BCUT2D eigenvalue weighted by Gasteiger charge is -2.33. The van der Waals surface area contributed by atoms with Crippen LogP contribution in [0, 0.1) is 0 Å². The highest BCUT2D eigenvalue weighted by atomic mass is 32.1. The molecule has 5 nitrogen and oxygen atoms in total. The summed E-state index contributed by atoms with van der Waals surface area (Å²) in [6, 6.07) is 19.3. The average Bonchev–Trinajstić information content (AvgIpc) is 3.58. The van der Waals surface area contributed by atoms with E-state index in [0.717, 1.165) is 21.5 Å². The molecule has 4 aromatic rings. The first-order valence-electron chi connectivity index (χ1n) is 10.8. The van der Waals surface area contributed by atoms with Gasteiger partial charge in [0.15, 0.2) is 10.2 Å². The maximum absolute atomic E-state index is 5.88. The Morgan fingerprint density at radius 3 is 2.65 bits per heavy atom. The van der Waals surface area contributed by atoms with Crippen molar-refractivity contribution in [2.75, 3.05) is 0 Å². The van der Waals surface area contributed by atoms with E-state index in [2.05, 4.69) is 68.4 Å². The second-order valence-corrected chi connectivity index (χ2v) is 9.64. The molecule has 2 aliphatic rings. The van der Waals surface area contributed by atoms with Gasteiger partial charge < -0.3 is 10.2 Å². The van der Waals surface area contributed by atoms with Crippen LogP contribution < -0.4 is 5.32 Å². The number of para-hydroxylation sites is 1. The summed E-state index contributed by atoms with van der Waals surface area (Å²) in [5.41, 5.74) is 3.26. The lowest BCUT2D eigenvalue weighted by Crippen LogP contribution is -2.38. The highest BCUT2D eigenvalue weighted by molar-refractivity contribution is 7.80. The monoisotopic (exact) mass is 445 g/mol. The Labute approximate surface area is 190 Å². The first kappa shape index (κ1) is 19.0. The second kappa shape index (κ2) is 7.73. The number of aromatic nitrogens is 3. The summed E-state index contributed by atoms with van der Waals surface area (Å²) < 4.78 is 3.44. The molecule has 0 bridgehead atoms.